The number of piperazine rings is 1. The molecule has 6 nitrogen and oxygen atoms in total. The topological polar surface area (TPSA) is 70.7 Å². The van der Waals surface area contributed by atoms with Crippen LogP contribution in [0.5, 0.6) is 5.75 Å². The molecule has 2 aliphatic rings. The molecule has 1 fully saturated rings. The summed E-state index contributed by atoms with van der Waals surface area (Å²) < 4.78 is 5.67. The van der Waals surface area contributed by atoms with E-state index >= 15 is 0 Å². The molecule has 0 aliphatic carbocycles. The van der Waals surface area contributed by atoms with Crippen molar-refractivity contribution in [1.29, 1.82) is 0 Å². The van der Waals surface area contributed by atoms with Gasteiger partial charge in [0.2, 0.25) is 0 Å². The van der Waals surface area contributed by atoms with Crippen molar-refractivity contribution in [2.75, 3.05) is 18.4 Å². The van der Waals surface area contributed by atoms with E-state index in [1.807, 2.05) is 11.8 Å². The SMILES string of the molecule is CC1Oc2c(cccc2C(=O)N2CCNC(C)C2C)NC1=O. The monoisotopic (exact) mass is 303 g/mol. The second kappa shape index (κ2) is 5.61. The number of amides is 2. The number of rotatable bonds is 1. The summed E-state index contributed by atoms with van der Waals surface area (Å²) in [5, 5.41) is 6.14. The third-order valence-corrected chi connectivity index (χ3v) is 4.46. The smallest absolute Gasteiger partial charge is 0.265 e. The highest BCUT2D eigenvalue weighted by Crippen LogP contribution is 2.34. The van der Waals surface area contributed by atoms with Crippen LogP contribution in [-0.4, -0.2) is 48.0 Å². The average molecular weight is 303 g/mol. The van der Waals surface area contributed by atoms with Crippen LogP contribution in [0.25, 0.3) is 0 Å². The van der Waals surface area contributed by atoms with Gasteiger partial charge in [-0.05, 0) is 32.9 Å². The summed E-state index contributed by atoms with van der Waals surface area (Å²) in [6, 6.07) is 5.62. The van der Waals surface area contributed by atoms with Gasteiger partial charge < -0.3 is 20.3 Å². The summed E-state index contributed by atoms with van der Waals surface area (Å²) in [6.45, 7) is 7.23. The summed E-state index contributed by atoms with van der Waals surface area (Å²) in [6.07, 6.45) is -0.596. The molecule has 2 amide bonds. The van der Waals surface area contributed by atoms with Gasteiger partial charge in [-0.3, -0.25) is 9.59 Å². The Hall–Kier alpha value is -2.08. The van der Waals surface area contributed by atoms with Crippen molar-refractivity contribution in [3.05, 3.63) is 23.8 Å². The first-order chi connectivity index (χ1) is 10.5. The molecule has 1 aromatic rings. The van der Waals surface area contributed by atoms with Gasteiger partial charge in [-0.25, -0.2) is 0 Å². The van der Waals surface area contributed by atoms with Gasteiger partial charge in [0.15, 0.2) is 11.9 Å². The van der Waals surface area contributed by atoms with E-state index < -0.39 is 6.10 Å². The number of para-hydroxylation sites is 1. The largest absolute Gasteiger partial charge is 0.478 e. The minimum atomic E-state index is -0.596. The Morgan fingerprint density at radius 1 is 1.32 bits per heavy atom. The highest BCUT2D eigenvalue weighted by molar-refractivity contribution is 6.04. The molecule has 1 saturated heterocycles. The van der Waals surface area contributed by atoms with E-state index in [1.165, 1.54) is 0 Å². The molecule has 1 aromatic carbocycles. The highest BCUT2D eigenvalue weighted by Gasteiger charge is 2.33. The van der Waals surface area contributed by atoms with Crippen LogP contribution in [0.4, 0.5) is 5.69 Å². The average Bonchev–Trinajstić information content (AvgIpc) is 2.50. The standard InChI is InChI=1S/C16H21N3O3/c1-9-10(2)19(8-7-17-9)16(21)12-5-4-6-13-14(12)22-11(3)15(20)18-13/h4-6,9-11,17H,7-8H2,1-3H3,(H,18,20). The first-order valence-corrected chi connectivity index (χ1v) is 7.64. The molecule has 118 valence electrons. The van der Waals surface area contributed by atoms with Crippen LogP contribution in [0.1, 0.15) is 31.1 Å². The van der Waals surface area contributed by atoms with Crippen molar-refractivity contribution < 1.29 is 14.3 Å². The normalized spacial score (nSPS) is 27.7. The maximum atomic E-state index is 12.9. The summed E-state index contributed by atoms with van der Waals surface area (Å²) in [5.41, 5.74) is 1.06. The summed E-state index contributed by atoms with van der Waals surface area (Å²) in [4.78, 5) is 26.5. The number of hydrogen-bond donors (Lipinski definition) is 2. The Kier molecular flexibility index (Phi) is 3.78. The van der Waals surface area contributed by atoms with Gasteiger partial charge in [0.25, 0.3) is 11.8 Å². The lowest BCUT2D eigenvalue weighted by Crippen LogP contribution is -2.57. The molecular formula is C16H21N3O3. The molecular weight excluding hydrogens is 282 g/mol. The third kappa shape index (κ3) is 2.43. The number of ether oxygens (including phenoxy) is 1. The van der Waals surface area contributed by atoms with Gasteiger partial charge in [-0.2, -0.15) is 0 Å². The first-order valence-electron chi connectivity index (χ1n) is 7.64. The lowest BCUT2D eigenvalue weighted by atomic mass is 10.0. The lowest BCUT2D eigenvalue weighted by molar-refractivity contribution is -0.122. The predicted octanol–water partition coefficient (Wildman–Crippen LogP) is 1.23. The fourth-order valence-electron chi connectivity index (χ4n) is 2.89. The second-order valence-corrected chi connectivity index (χ2v) is 5.91. The van der Waals surface area contributed by atoms with E-state index in [0.29, 0.717) is 23.5 Å². The maximum absolute atomic E-state index is 12.9. The Morgan fingerprint density at radius 2 is 2.09 bits per heavy atom. The van der Waals surface area contributed by atoms with Crippen LogP contribution >= 0.6 is 0 Å². The molecule has 2 aliphatic heterocycles. The number of hydrogen-bond acceptors (Lipinski definition) is 4. The van der Waals surface area contributed by atoms with Gasteiger partial charge in [-0.15, -0.1) is 0 Å². The van der Waals surface area contributed by atoms with Crippen LogP contribution < -0.4 is 15.4 Å². The van der Waals surface area contributed by atoms with Crippen molar-refractivity contribution in [1.82, 2.24) is 10.2 Å². The zero-order valence-corrected chi connectivity index (χ0v) is 13.1. The number of carbonyl (C=O) groups is 2. The minimum absolute atomic E-state index is 0.0546. The molecule has 22 heavy (non-hydrogen) atoms. The van der Waals surface area contributed by atoms with Crippen molar-refractivity contribution in [2.45, 2.75) is 39.0 Å². The number of fused-ring (bicyclic) bond motifs is 1. The quantitative estimate of drug-likeness (QED) is 0.818. The van der Waals surface area contributed by atoms with Crippen LogP contribution in [-0.2, 0) is 4.79 Å². The van der Waals surface area contributed by atoms with Gasteiger partial charge in [0, 0.05) is 25.2 Å². The molecule has 3 unspecified atom stereocenters. The van der Waals surface area contributed by atoms with Gasteiger partial charge in [-0.1, -0.05) is 6.07 Å². The summed E-state index contributed by atoms with van der Waals surface area (Å²) >= 11 is 0. The number of carbonyl (C=O) groups excluding carboxylic acids is 2. The first kappa shape index (κ1) is 14.8. The van der Waals surface area contributed by atoms with Crippen molar-refractivity contribution in [3.63, 3.8) is 0 Å². The minimum Gasteiger partial charge on any atom is -0.478 e. The predicted molar refractivity (Wildman–Crippen MR) is 83.1 cm³/mol. The molecule has 0 radical (unpaired) electrons. The van der Waals surface area contributed by atoms with E-state index in [-0.39, 0.29) is 23.9 Å². The summed E-state index contributed by atoms with van der Waals surface area (Å²) in [5.74, 6) is 0.222. The van der Waals surface area contributed by atoms with Crippen LogP contribution in [0.3, 0.4) is 0 Å². The van der Waals surface area contributed by atoms with E-state index in [9.17, 15) is 9.59 Å². The Bertz CT molecular complexity index is 617. The van der Waals surface area contributed by atoms with E-state index in [4.69, 9.17) is 4.74 Å². The molecule has 2 N–H and O–H groups in total. The van der Waals surface area contributed by atoms with E-state index in [0.717, 1.165) is 6.54 Å². The van der Waals surface area contributed by atoms with Crippen molar-refractivity contribution >= 4 is 17.5 Å². The molecule has 3 rings (SSSR count). The second-order valence-electron chi connectivity index (χ2n) is 5.91. The van der Waals surface area contributed by atoms with Gasteiger partial charge in [0.05, 0.1) is 11.3 Å². The molecule has 2 heterocycles. The Balaban J connectivity index is 1.94. The number of anilines is 1. The van der Waals surface area contributed by atoms with Crippen molar-refractivity contribution in [2.24, 2.45) is 0 Å². The molecule has 0 bridgehead atoms. The molecule has 3 atom stereocenters. The van der Waals surface area contributed by atoms with Gasteiger partial charge in [0.1, 0.15) is 0 Å². The molecule has 0 saturated carbocycles. The Labute approximate surface area is 129 Å². The maximum Gasteiger partial charge on any atom is 0.265 e. The van der Waals surface area contributed by atoms with Crippen LogP contribution in [0.2, 0.25) is 0 Å². The highest BCUT2D eigenvalue weighted by atomic mass is 16.5. The fourth-order valence-corrected chi connectivity index (χ4v) is 2.89. The number of benzene rings is 1. The van der Waals surface area contributed by atoms with Crippen LogP contribution in [0.15, 0.2) is 18.2 Å². The fraction of sp³-hybridized carbons (Fsp3) is 0.500. The van der Waals surface area contributed by atoms with Gasteiger partial charge >= 0.3 is 0 Å². The third-order valence-electron chi connectivity index (χ3n) is 4.46. The zero-order valence-electron chi connectivity index (χ0n) is 13.1. The van der Waals surface area contributed by atoms with E-state index in [2.05, 4.69) is 17.6 Å². The summed E-state index contributed by atoms with van der Waals surface area (Å²) in [7, 11) is 0. The lowest BCUT2D eigenvalue weighted by Gasteiger charge is -2.39. The molecule has 0 spiro atoms. The van der Waals surface area contributed by atoms with Crippen molar-refractivity contribution in [3.8, 4) is 5.75 Å². The Morgan fingerprint density at radius 3 is 2.86 bits per heavy atom. The van der Waals surface area contributed by atoms with E-state index in [1.54, 1.807) is 25.1 Å². The number of nitrogens with zero attached hydrogens (tertiary/aromatic N) is 1. The zero-order chi connectivity index (χ0) is 15.9. The van der Waals surface area contributed by atoms with Crippen LogP contribution in [0, 0.1) is 0 Å². The number of nitrogens with one attached hydrogen (secondary N) is 2. The molecule has 0 aromatic heterocycles. The molecule has 6 heteroatoms.